The van der Waals surface area contributed by atoms with E-state index < -0.39 is 0 Å². The highest BCUT2D eigenvalue weighted by Gasteiger charge is 2.34. The lowest BCUT2D eigenvalue weighted by Crippen LogP contribution is -2.35. The zero-order valence-electron chi connectivity index (χ0n) is 15.8. The number of hydrogen-bond donors (Lipinski definition) is 1. The Morgan fingerprint density at radius 1 is 1.35 bits per heavy atom. The van der Waals surface area contributed by atoms with Crippen molar-refractivity contribution in [1.82, 2.24) is 14.7 Å². The molecule has 2 atom stereocenters. The van der Waals surface area contributed by atoms with Gasteiger partial charge in [-0.3, -0.25) is 4.79 Å². The molecule has 26 heavy (non-hydrogen) atoms. The predicted octanol–water partition coefficient (Wildman–Crippen LogP) is 2.72. The topological polar surface area (TPSA) is 73.4 Å². The molecule has 1 fully saturated rings. The third-order valence-electron chi connectivity index (χ3n) is 4.73. The van der Waals surface area contributed by atoms with Gasteiger partial charge in [-0.1, -0.05) is 32.0 Å². The lowest BCUT2D eigenvalue weighted by Gasteiger charge is -2.21. The number of ether oxygens (including phenoxy) is 1. The first-order valence-corrected chi connectivity index (χ1v) is 9.28. The van der Waals surface area contributed by atoms with Gasteiger partial charge in [-0.15, -0.1) is 0 Å². The number of benzene rings is 1. The predicted molar refractivity (Wildman–Crippen MR) is 102 cm³/mol. The van der Waals surface area contributed by atoms with Crippen molar-refractivity contribution < 1.29 is 9.53 Å². The molecule has 6 nitrogen and oxygen atoms in total. The summed E-state index contributed by atoms with van der Waals surface area (Å²) in [5.74, 6) is 1.17. The highest BCUT2D eigenvalue weighted by Crippen LogP contribution is 2.28. The molecule has 1 aromatic carbocycles. The van der Waals surface area contributed by atoms with Gasteiger partial charge in [0.25, 0.3) is 5.91 Å². The van der Waals surface area contributed by atoms with E-state index in [4.69, 9.17) is 10.5 Å². The summed E-state index contributed by atoms with van der Waals surface area (Å²) in [5.41, 5.74) is 7.08. The van der Waals surface area contributed by atoms with Crippen LogP contribution >= 0.6 is 0 Å². The molecule has 1 amide bonds. The molecule has 1 saturated heterocycles. The Kier molecular flexibility index (Phi) is 5.61. The van der Waals surface area contributed by atoms with Crippen molar-refractivity contribution in [3.63, 3.8) is 0 Å². The van der Waals surface area contributed by atoms with E-state index in [-0.39, 0.29) is 11.9 Å². The largest absolute Gasteiger partial charge is 0.489 e. The normalized spacial score (nSPS) is 20.0. The Morgan fingerprint density at radius 3 is 2.69 bits per heavy atom. The van der Waals surface area contributed by atoms with Crippen LogP contribution in [0.2, 0.25) is 0 Å². The minimum atomic E-state index is -0.0816. The molecule has 0 saturated carbocycles. The summed E-state index contributed by atoms with van der Waals surface area (Å²) in [6.07, 6.45) is 2.73. The summed E-state index contributed by atoms with van der Waals surface area (Å²) in [6.45, 7) is 8.05. The number of carbonyl (C=O) groups excluding carboxylic acids is 1. The van der Waals surface area contributed by atoms with Gasteiger partial charge in [-0.2, -0.15) is 5.10 Å². The van der Waals surface area contributed by atoms with Crippen molar-refractivity contribution in [2.45, 2.75) is 33.2 Å². The van der Waals surface area contributed by atoms with Crippen molar-refractivity contribution in [1.29, 1.82) is 0 Å². The second-order valence-corrected chi connectivity index (χ2v) is 7.47. The van der Waals surface area contributed by atoms with Gasteiger partial charge in [-0.25, -0.2) is 4.68 Å². The second kappa shape index (κ2) is 7.91. The van der Waals surface area contributed by atoms with Gasteiger partial charge in [0.2, 0.25) is 0 Å². The monoisotopic (exact) mass is 356 g/mol. The molecule has 3 rings (SSSR count). The molecule has 0 radical (unpaired) electrons. The van der Waals surface area contributed by atoms with E-state index in [0.29, 0.717) is 43.0 Å². The van der Waals surface area contributed by atoms with E-state index in [1.165, 1.54) is 0 Å². The molecule has 1 aromatic heterocycles. The fraction of sp³-hybridized carbons (Fsp3) is 0.500. The highest BCUT2D eigenvalue weighted by atomic mass is 16.5. The number of aromatic nitrogens is 2. The van der Waals surface area contributed by atoms with Gasteiger partial charge >= 0.3 is 0 Å². The molecular weight excluding hydrogens is 328 g/mol. The van der Waals surface area contributed by atoms with Crippen LogP contribution in [-0.2, 0) is 0 Å². The van der Waals surface area contributed by atoms with Crippen LogP contribution in [0.1, 0.15) is 37.7 Å². The molecule has 2 heterocycles. The van der Waals surface area contributed by atoms with Gasteiger partial charge in [0, 0.05) is 12.6 Å². The van der Waals surface area contributed by atoms with Crippen LogP contribution in [-0.4, -0.2) is 46.3 Å². The third kappa shape index (κ3) is 3.90. The number of hydrogen-bond acceptors (Lipinski definition) is 4. The van der Waals surface area contributed by atoms with Gasteiger partial charge in [0.05, 0.1) is 18.5 Å². The summed E-state index contributed by atoms with van der Waals surface area (Å²) in [4.78, 5) is 15.0. The highest BCUT2D eigenvalue weighted by molar-refractivity contribution is 5.95. The van der Waals surface area contributed by atoms with E-state index in [0.717, 1.165) is 12.1 Å². The molecule has 0 spiro atoms. The number of para-hydroxylation sites is 1. The summed E-state index contributed by atoms with van der Waals surface area (Å²) in [5, 5.41) is 4.56. The molecule has 2 aromatic rings. The molecule has 6 heteroatoms. The van der Waals surface area contributed by atoms with Crippen LogP contribution in [0.4, 0.5) is 0 Å². The molecule has 2 unspecified atom stereocenters. The van der Waals surface area contributed by atoms with Crippen molar-refractivity contribution in [2.75, 3.05) is 19.7 Å². The zero-order valence-corrected chi connectivity index (χ0v) is 15.8. The van der Waals surface area contributed by atoms with Crippen LogP contribution < -0.4 is 10.5 Å². The molecule has 0 bridgehead atoms. The quantitative estimate of drug-likeness (QED) is 0.864. The van der Waals surface area contributed by atoms with Crippen molar-refractivity contribution in [3.05, 3.63) is 42.2 Å². The van der Waals surface area contributed by atoms with Gasteiger partial charge in [0.15, 0.2) is 11.4 Å². The molecule has 1 aliphatic rings. The van der Waals surface area contributed by atoms with E-state index in [1.54, 1.807) is 10.9 Å². The van der Waals surface area contributed by atoms with Gasteiger partial charge in [0.1, 0.15) is 0 Å². The van der Waals surface area contributed by atoms with E-state index >= 15 is 0 Å². The van der Waals surface area contributed by atoms with E-state index in [9.17, 15) is 4.79 Å². The van der Waals surface area contributed by atoms with E-state index in [2.05, 4.69) is 25.9 Å². The van der Waals surface area contributed by atoms with Gasteiger partial charge < -0.3 is 15.4 Å². The molecule has 2 N–H and O–H groups in total. The van der Waals surface area contributed by atoms with Crippen LogP contribution in [0.15, 0.2) is 36.5 Å². The number of likely N-dealkylation sites (tertiary alicyclic amines) is 1. The maximum atomic E-state index is 13.2. The molecule has 140 valence electrons. The zero-order chi connectivity index (χ0) is 18.7. The number of carbonyl (C=O) groups is 1. The Morgan fingerprint density at radius 2 is 2.08 bits per heavy atom. The van der Waals surface area contributed by atoms with Crippen LogP contribution in [0.5, 0.6) is 5.75 Å². The fourth-order valence-electron chi connectivity index (χ4n) is 3.31. The standard InChI is InChI=1S/C20H28N4O2/c1-14(2)13-26-18-12-24(17-7-5-4-6-8-17)22-19(18)20(25)23-11-16(10-21)9-15(23)3/h4-8,12,14-16H,9-11,13,21H2,1-3H3. The minimum Gasteiger partial charge on any atom is -0.489 e. The number of amides is 1. The van der Waals surface area contributed by atoms with Crippen LogP contribution in [0, 0.1) is 11.8 Å². The Hall–Kier alpha value is -2.34. The summed E-state index contributed by atoms with van der Waals surface area (Å²) < 4.78 is 7.63. The number of nitrogens with two attached hydrogens (primary N) is 1. The molecular formula is C20H28N4O2. The lowest BCUT2D eigenvalue weighted by molar-refractivity contribution is 0.0732. The average molecular weight is 356 g/mol. The number of nitrogens with zero attached hydrogens (tertiary/aromatic N) is 3. The minimum absolute atomic E-state index is 0.0816. The molecule has 1 aliphatic heterocycles. The summed E-state index contributed by atoms with van der Waals surface area (Å²) in [6, 6.07) is 9.92. The first-order valence-electron chi connectivity index (χ1n) is 9.28. The molecule has 0 aliphatic carbocycles. The maximum Gasteiger partial charge on any atom is 0.278 e. The Balaban J connectivity index is 1.91. The Bertz CT molecular complexity index is 742. The van der Waals surface area contributed by atoms with Gasteiger partial charge in [-0.05, 0) is 43.9 Å². The first-order chi connectivity index (χ1) is 12.5. The number of rotatable bonds is 6. The second-order valence-electron chi connectivity index (χ2n) is 7.47. The summed E-state index contributed by atoms with van der Waals surface area (Å²) in [7, 11) is 0. The average Bonchev–Trinajstić information content (AvgIpc) is 3.23. The smallest absolute Gasteiger partial charge is 0.278 e. The fourth-order valence-corrected chi connectivity index (χ4v) is 3.31. The third-order valence-corrected chi connectivity index (χ3v) is 4.73. The van der Waals surface area contributed by atoms with E-state index in [1.807, 2.05) is 35.2 Å². The van der Waals surface area contributed by atoms with Crippen LogP contribution in [0.25, 0.3) is 5.69 Å². The summed E-state index contributed by atoms with van der Waals surface area (Å²) >= 11 is 0. The van der Waals surface area contributed by atoms with Crippen molar-refractivity contribution >= 4 is 5.91 Å². The SMILES string of the molecule is CC(C)COc1cn(-c2ccccc2)nc1C(=O)N1CC(CN)CC1C. The van der Waals surface area contributed by atoms with Crippen molar-refractivity contribution in [2.24, 2.45) is 17.6 Å². The lowest BCUT2D eigenvalue weighted by atomic mass is 10.1. The maximum absolute atomic E-state index is 13.2. The first kappa shape index (κ1) is 18.5. The van der Waals surface area contributed by atoms with Crippen molar-refractivity contribution in [3.8, 4) is 11.4 Å². The Labute approximate surface area is 154 Å². The van der Waals surface area contributed by atoms with Crippen LogP contribution in [0.3, 0.4) is 0 Å².